The Balaban J connectivity index is 2.27. The van der Waals surface area contributed by atoms with Crippen LogP contribution >= 0.6 is 31.9 Å². The second kappa shape index (κ2) is 4.88. The predicted octanol–water partition coefficient (Wildman–Crippen LogP) is 4.96. The van der Waals surface area contributed by atoms with Crippen molar-refractivity contribution in [2.24, 2.45) is 0 Å². The summed E-state index contributed by atoms with van der Waals surface area (Å²) in [7, 11) is 0. The average molecular weight is 334 g/mol. The van der Waals surface area contributed by atoms with Crippen molar-refractivity contribution in [2.45, 2.75) is 38.0 Å². The van der Waals surface area contributed by atoms with Crippen LogP contribution in [0.1, 0.15) is 43.6 Å². The Labute approximate surface area is 107 Å². The normalized spacial score (nSPS) is 18.0. The van der Waals surface area contributed by atoms with Gasteiger partial charge in [0.1, 0.15) is 5.75 Å². The molecule has 1 fully saturated rings. The first-order valence-electron chi connectivity index (χ1n) is 5.36. The van der Waals surface area contributed by atoms with Gasteiger partial charge in [-0.25, -0.2) is 0 Å². The highest BCUT2D eigenvalue weighted by molar-refractivity contribution is 9.11. The topological polar surface area (TPSA) is 20.2 Å². The molecule has 1 aromatic rings. The van der Waals surface area contributed by atoms with Crippen molar-refractivity contribution in [3.8, 4) is 5.75 Å². The van der Waals surface area contributed by atoms with Crippen LogP contribution in [-0.4, -0.2) is 5.11 Å². The van der Waals surface area contributed by atoms with E-state index in [1.54, 1.807) is 0 Å². The summed E-state index contributed by atoms with van der Waals surface area (Å²) in [5.41, 5.74) is 1.34. The molecule has 1 aromatic carbocycles. The maximum absolute atomic E-state index is 9.64. The summed E-state index contributed by atoms with van der Waals surface area (Å²) in [5.74, 6) is 0.974. The van der Waals surface area contributed by atoms with Crippen molar-refractivity contribution in [3.05, 3.63) is 26.6 Å². The third kappa shape index (κ3) is 2.56. The first-order valence-corrected chi connectivity index (χ1v) is 6.95. The summed E-state index contributed by atoms with van der Waals surface area (Å²) in [6, 6.07) is 4.10. The quantitative estimate of drug-likeness (QED) is 0.769. The number of halogens is 2. The van der Waals surface area contributed by atoms with Crippen LogP contribution in [0, 0.1) is 0 Å². The summed E-state index contributed by atoms with van der Waals surface area (Å²) in [6.45, 7) is 0. The van der Waals surface area contributed by atoms with Gasteiger partial charge in [0.05, 0.1) is 8.95 Å². The van der Waals surface area contributed by atoms with Gasteiger partial charge in [-0.2, -0.15) is 0 Å². The Bertz CT molecular complexity index is 334. The van der Waals surface area contributed by atoms with Crippen molar-refractivity contribution in [3.63, 3.8) is 0 Å². The second-order valence-corrected chi connectivity index (χ2v) is 5.88. The lowest BCUT2D eigenvalue weighted by molar-refractivity contribution is 0.440. The monoisotopic (exact) mass is 332 g/mol. The zero-order valence-corrected chi connectivity index (χ0v) is 11.6. The van der Waals surface area contributed by atoms with Crippen LogP contribution in [0.3, 0.4) is 0 Å². The fraction of sp³-hybridized carbons (Fsp3) is 0.500. The molecule has 0 heterocycles. The smallest absolute Gasteiger partial charge is 0.143 e. The molecule has 0 atom stereocenters. The van der Waals surface area contributed by atoms with E-state index in [1.807, 2.05) is 0 Å². The van der Waals surface area contributed by atoms with Gasteiger partial charge < -0.3 is 5.11 Å². The van der Waals surface area contributed by atoms with E-state index in [-0.39, 0.29) is 0 Å². The molecule has 1 saturated carbocycles. The van der Waals surface area contributed by atoms with Crippen molar-refractivity contribution in [2.75, 3.05) is 0 Å². The van der Waals surface area contributed by atoms with Gasteiger partial charge in [-0.3, -0.25) is 0 Å². The standard InChI is InChI=1S/C12H14Br2O/c13-10-6-9(7-11(14)12(10)15)8-4-2-1-3-5-8/h6-8,15H,1-5H2. The Kier molecular flexibility index (Phi) is 3.73. The molecule has 3 heteroatoms. The Hall–Kier alpha value is -0.0200. The fourth-order valence-electron chi connectivity index (χ4n) is 2.26. The minimum absolute atomic E-state index is 0.301. The van der Waals surface area contributed by atoms with Crippen LogP contribution in [0.5, 0.6) is 5.75 Å². The van der Waals surface area contributed by atoms with E-state index < -0.39 is 0 Å². The molecule has 82 valence electrons. The number of hydrogen-bond acceptors (Lipinski definition) is 1. The third-order valence-corrected chi connectivity index (χ3v) is 4.32. The van der Waals surface area contributed by atoms with Crippen molar-refractivity contribution in [1.82, 2.24) is 0 Å². The lowest BCUT2D eigenvalue weighted by Crippen LogP contribution is -2.04. The summed E-state index contributed by atoms with van der Waals surface area (Å²) in [6.07, 6.45) is 6.60. The maximum atomic E-state index is 9.64. The summed E-state index contributed by atoms with van der Waals surface area (Å²) in [4.78, 5) is 0. The number of benzene rings is 1. The minimum atomic E-state index is 0.301. The zero-order valence-electron chi connectivity index (χ0n) is 8.47. The highest BCUT2D eigenvalue weighted by atomic mass is 79.9. The van der Waals surface area contributed by atoms with E-state index in [2.05, 4.69) is 44.0 Å². The molecule has 0 spiro atoms. The molecule has 1 N–H and O–H groups in total. The largest absolute Gasteiger partial charge is 0.506 e. The molecule has 0 radical (unpaired) electrons. The van der Waals surface area contributed by atoms with E-state index in [0.29, 0.717) is 11.7 Å². The van der Waals surface area contributed by atoms with Gasteiger partial charge in [-0.15, -0.1) is 0 Å². The molecule has 1 nitrogen and oxygen atoms in total. The van der Waals surface area contributed by atoms with Gasteiger partial charge >= 0.3 is 0 Å². The molecule has 0 bridgehead atoms. The van der Waals surface area contributed by atoms with Crippen molar-refractivity contribution >= 4 is 31.9 Å². The highest BCUT2D eigenvalue weighted by Gasteiger charge is 2.17. The van der Waals surface area contributed by atoms with E-state index >= 15 is 0 Å². The maximum Gasteiger partial charge on any atom is 0.143 e. The van der Waals surface area contributed by atoms with E-state index in [4.69, 9.17) is 0 Å². The first-order chi connectivity index (χ1) is 7.18. The minimum Gasteiger partial charge on any atom is -0.506 e. The first kappa shape index (κ1) is 11.5. The number of phenols is 1. The van der Waals surface area contributed by atoms with Crippen LogP contribution in [0.25, 0.3) is 0 Å². The molecular weight excluding hydrogens is 320 g/mol. The molecule has 0 aromatic heterocycles. The molecule has 0 aliphatic heterocycles. The second-order valence-electron chi connectivity index (χ2n) is 4.17. The van der Waals surface area contributed by atoms with Gasteiger partial charge in [0.15, 0.2) is 0 Å². The molecule has 15 heavy (non-hydrogen) atoms. The van der Waals surface area contributed by atoms with Gasteiger partial charge in [0.25, 0.3) is 0 Å². The number of phenolic OH excluding ortho intramolecular Hbond substituents is 1. The van der Waals surface area contributed by atoms with Crippen LogP contribution in [-0.2, 0) is 0 Å². The van der Waals surface area contributed by atoms with Crippen LogP contribution in [0.4, 0.5) is 0 Å². The zero-order chi connectivity index (χ0) is 10.8. The lowest BCUT2D eigenvalue weighted by atomic mass is 9.84. The lowest BCUT2D eigenvalue weighted by Gasteiger charge is -2.22. The SMILES string of the molecule is Oc1c(Br)cc(C2CCCCC2)cc1Br. The van der Waals surface area contributed by atoms with E-state index in [0.717, 1.165) is 8.95 Å². The molecule has 0 unspecified atom stereocenters. The molecule has 2 rings (SSSR count). The van der Waals surface area contributed by atoms with Crippen LogP contribution < -0.4 is 0 Å². The third-order valence-electron chi connectivity index (χ3n) is 3.12. The van der Waals surface area contributed by atoms with Gasteiger partial charge in [0, 0.05) is 0 Å². The predicted molar refractivity (Wildman–Crippen MR) is 69.3 cm³/mol. The van der Waals surface area contributed by atoms with Gasteiger partial charge in [-0.1, -0.05) is 19.3 Å². The highest BCUT2D eigenvalue weighted by Crippen LogP contribution is 2.39. The van der Waals surface area contributed by atoms with Crippen molar-refractivity contribution in [1.29, 1.82) is 0 Å². The van der Waals surface area contributed by atoms with Gasteiger partial charge in [-0.05, 0) is 68.3 Å². The van der Waals surface area contributed by atoms with Crippen LogP contribution in [0.15, 0.2) is 21.1 Å². The Morgan fingerprint density at radius 1 is 1.00 bits per heavy atom. The number of rotatable bonds is 1. The molecule has 1 aliphatic carbocycles. The number of hydrogen-bond donors (Lipinski definition) is 1. The van der Waals surface area contributed by atoms with Crippen LogP contribution in [0.2, 0.25) is 0 Å². The Morgan fingerprint density at radius 2 is 1.53 bits per heavy atom. The Morgan fingerprint density at radius 3 is 2.07 bits per heavy atom. The average Bonchev–Trinajstić information content (AvgIpc) is 2.26. The number of aromatic hydroxyl groups is 1. The van der Waals surface area contributed by atoms with E-state index in [9.17, 15) is 5.11 Å². The fourth-order valence-corrected chi connectivity index (χ4v) is 3.48. The summed E-state index contributed by atoms with van der Waals surface area (Å²) in [5, 5.41) is 9.64. The summed E-state index contributed by atoms with van der Waals surface area (Å²) < 4.78 is 1.58. The molecule has 0 amide bonds. The molecule has 0 saturated heterocycles. The molecular formula is C12H14Br2O. The summed E-state index contributed by atoms with van der Waals surface area (Å²) >= 11 is 6.77. The van der Waals surface area contributed by atoms with Gasteiger partial charge in [0.2, 0.25) is 0 Å². The van der Waals surface area contributed by atoms with E-state index in [1.165, 1.54) is 37.7 Å². The van der Waals surface area contributed by atoms with Crippen molar-refractivity contribution < 1.29 is 5.11 Å². The molecule has 1 aliphatic rings.